The predicted octanol–water partition coefficient (Wildman–Crippen LogP) is 5.34. The van der Waals surface area contributed by atoms with E-state index in [1.54, 1.807) is 6.07 Å². The molecule has 1 heterocycles. The van der Waals surface area contributed by atoms with Crippen LogP contribution in [0.4, 0.5) is 5.69 Å². The maximum absolute atomic E-state index is 12.3. The summed E-state index contributed by atoms with van der Waals surface area (Å²) in [6, 6.07) is 24.8. The molecule has 0 aromatic heterocycles. The van der Waals surface area contributed by atoms with Crippen molar-refractivity contribution in [2.45, 2.75) is 13.5 Å². The van der Waals surface area contributed by atoms with E-state index in [0.29, 0.717) is 28.0 Å². The number of aryl methyl sites for hydroxylation is 1. The van der Waals surface area contributed by atoms with Gasteiger partial charge < -0.3 is 10.1 Å². The molecule has 152 valence electrons. The van der Waals surface area contributed by atoms with Gasteiger partial charge in [0, 0.05) is 5.56 Å². The fraction of sp³-hybridized carbons (Fsp3) is 0.0800. The summed E-state index contributed by atoms with van der Waals surface area (Å²) >= 11 is 1.32. The van der Waals surface area contributed by atoms with Gasteiger partial charge >= 0.3 is 0 Å². The van der Waals surface area contributed by atoms with E-state index >= 15 is 0 Å². The van der Waals surface area contributed by atoms with Gasteiger partial charge in [0.2, 0.25) is 0 Å². The molecule has 1 N–H and O–H groups in total. The summed E-state index contributed by atoms with van der Waals surface area (Å²) in [6.45, 7) is 2.33. The van der Waals surface area contributed by atoms with Gasteiger partial charge in [-0.1, -0.05) is 42.5 Å². The van der Waals surface area contributed by atoms with Crippen LogP contribution < -0.4 is 10.1 Å². The highest BCUT2D eigenvalue weighted by molar-refractivity contribution is 8.18. The van der Waals surface area contributed by atoms with Crippen LogP contribution in [0.3, 0.4) is 0 Å². The van der Waals surface area contributed by atoms with Crippen molar-refractivity contribution in [3.8, 4) is 11.8 Å². The molecule has 1 saturated heterocycles. The first kappa shape index (κ1) is 20.5. The van der Waals surface area contributed by atoms with Gasteiger partial charge in [0.1, 0.15) is 12.4 Å². The van der Waals surface area contributed by atoms with E-state index in [2.05, 4.69) is 16.4 Å². The van der Waals surface area contributed by atoms with Crippen molar-refractivity contribution in [1.82, 2.24) is 5.32 Å². The largest absolute Gasteiger partial charge is 0.489 e. The van der Waals surface area contributed by atoms with E-state index in [-0.39, 0.29) is 5.91 Å². The Kier molecular flexibility index (Phi) is 6.16. The number of carbonyl (C=O) groups is 1. The first-order chi connectivity index (χ1) is 15.1. The second-order valence-electron chi connectivity index (χ2n) is 6.95. The molecule has 1 aliphatic heterocycles. The summed E-state index contributed by atoms with van der Waals surface area (Å²) in [7, 11) is 0. The van der Waals surface area contributed by atoms with Crippen molar-refractivity contribution in [1.29, 1.82) is 5.26 Å². The van der Waals surface area contributed by atoms with Crippen LogP contribution in [0.5, 0.6) is 5.75 Å². The summed E-state index contributed by atoms with van der Waals surface area (Å²) in [5, 5.41) is 12.5. The maximum atomic E-state index is 12.3. The molecule has 0 unspecified atom stereocenters. The number of hydrogen-bond acceptors (Lipinski definition) is 5. The summed E-state index contributed by atoms with van der Waals surface area (Å²) < 4.78 is 5.80. The van der Waals surface area contributed by atoms with Gasteiger partial charge in [-0.05, 0) is 66.2 Å². The second-order valence-corrected chi connectivity index (χ2v) is 7.98. The summed E-state index contributed by atoms with van der Waals surface area (Å²) in [5.74, 6) is 0.532. The molecule has 31 heavy (non-hydrogen) atoms. The van der Waals surface area contributed by atoms with Crippen molar-refractivity contribution >= 4 is 34.6 Å². The second kappa shape index (κ2) is 9.33. The number of amides is 1. The number of aliphatic imine (C=N–C) groups is 1. The molecule has 1 amide bonds. The average Bonchev–Trinajstić information content (AvgIpc) is 3.12. The smallest absolute Gasteiger partial charge is 0.264 e. The number of thioether (sulfide) groups is 1. The molecular weight excluding hydrogens is 406 g/mol. The molecule has 0 spiro atoms. The van der Waals surface area contributed by atoms with Gasteiger partial charge in [-0.2, -0.15) is 5.26 Å². The number of amidine groups is 1. The van der Waals surface area contributed by atoms with E-state index in [0.717, 1.165) is 22.4 Å². The number of nitriles is 1. The Bertz CT molecular complexity index is 1220. The fourth-order valence-corrected chi connectivity index (χ4v) is 3.87. The van der Waals surface area contributed by atoms with Gasteiger partial charge in [-0.15, -0.1) is 0 Å². The number of nitrogens with zero attached hydrogens (tertiary/aromatic N) is 2. The SMILES string of the molecule is Cc1cccc(N=C2NC(=O)C(=Cc3ccc(OCc4ccccc4C#N)cc3)S2)c1. The van der Waals surface area contributed by atoms with E-state index in [1.807, 2.05) is 79.7 Å². The normalized spacial score (nSPS) is 15.7. The fourth-order valence-electron chi connectivity index (χ4n) is 3.02. The van der Waals surface area contributed by atoms with Crippen LogP contribution in [0.1, 0.15) is 22.3 Å². The molecule has 0 atom stereocenters. The highest BCUT2D eigenvalue weighted by atomic mass is 32.2. The molecule has 0 bridgehead atoms. The number of hydrogen-bond donors (Lipinski definition) is 1. The molecule has 1 fully saturated rings. The van der Waals surface area contributed by atoms with Crippen molar-refractivity contribution in [2.75, 3.05) is 0 Å². The molecule has 4 rings (SSSR count). The van der Waals surface area contributed by atoms with Crippen LogP contribution in [0.25, 0.3) is 6.08 Å². The lowest BCUT2D eigenvalue weighted by atomic mass is 10.1. The van der Waals surface area contributed by atoms with Gasteiger partial charge in [-0.3, -0.25) is 4.79 Å². The zero-order valence-corrected chi connectivity index (χ0v) is 17.6. The third-order valence-electron chi connectivity index (χ3n) is 4.59. The minimum atomic E-state index is -0.162. The van der Waals surface area contributed by atoms with Crippen LogP contribution in [0.2, 0.25) is 0 Å². The molecule has 0 saturated carbocycles. The third kappa shape index (κ3) is 5.21. The van der Waals surface area contributed by atoms with Crippen LogP contribution in [0, 0.1) is 18.3 Å². The number of carbonyl (C=O) groups excluding carboxylic acids is 1. The Hall–Kier alpha value is -3.82. The average molecular weight is 426 g/mol. The molecule has 3 aromatic carbocycles. The lowest BCUT2D eigenvalue weighted by Gasteiger charge is -2.07. The summed E-state index contributed by atoms with van der Waals surface area (Å²) in [4.78, 5) is 17.4. The van der Waals surface area contributed by atoms with Crippen LogP contribution >= 0.6 is 11.8 Å². The minimum Gasteiger partial charge on any atom is -0.489 e. The first-order valence-electron chi connectivity index (χ1n) is 9.68. The van der Waals surface area contributed by atoms with E-state index < -0.39 is 0 Å². The van der Waals surface area contributed by atoms with Gasteiger partial charge in [0.05, 0.1) is 22.2 Å². The Morgan fingerprint density at radius 1 is 1.10 bits per heavy atom. The van der Waals surface area contributed by atoms with Crippen molar-refractivity contribution in [2.24, 2.45) is 4.99 Å². The maximum Gasteiger partial charge on any atom is 0.264 e. The first-order valence-corrected chi connectivity index (χ1v) is 10.5. The minimum absolute atomic E-state index is 0.162. The van der Waals surface area contributed by atoms with Gasteiger partial charge in [0.25, 0.3) is 5.91 Å². The molecular formula is C25H19N3O2S. The third-order valence-corrected chi connectivity index (χ3v) is 5.50. The Morgan fingerprint density at radius 3 is 2.68 bits per heavy atom. The molecule has 3 aromatic rings. The van der Waals surface area contributed by atoms with Crippen molar-refractivity contribution < 1.29 is 9.53 Å². The molecule has 0 radical (unpaired) electrons. The Morgan fingerprint density at radius 2 is 1.90 bits per heavy atom. The summed E-state index contributed by atoms with van der Waals surface area (Å²) in [6.07, 6.45) is 1.83. The zero-order valence-electron chi connectivity index (χ0n) is 16.8. The molecule has 5 nitrogen and oxygen atoms in total. The lowest BCUT2D eigenvalue weighted by molar-refractivity contribution is -0.115. The number of ether oxygens (including phenoxy) is 1. The number of rotatable bonds is 5. The van der Waals surface area contributed by atoms with E-state index in [4.69, 9.17) is 10.00 Å². The van der Waals surface area contributed by atoms with Crippen LogP contribution in [-0.4, -0.2) is 11.1 Å². The zero-order chi connectivity index (χ0) is 21.6. The number of benzene rings is 3. The highest BCUT2D eigenvalue weighted by Crippen LogP contribution is 2.28. The van der Waals surface area contributed by atoms with Crippen molar-refractivity contribution in [3.05, 3.63) is 100.0 Å². The Balaban J connectivity index is 1.42. The van der Waals surface area contributed by atoms with E-state index in [9.17, 15) is 4.79 Å². The standard InChI is InChI=1S/C25H19N3O2S/c1-17-5-4-8-21(13-17)27-25-28-24(29)23(31-25)14-18-9-11-22(12-10-18)30-16-20-7-3-2-6-19(20)15-26/h2-14H,16H2,1H3,(H,27,28,29). The van der Waals surface area contributed by atoms with Crippen LogP contribution in [-0.2, 0) is 11.4 Å². The molecule has 1 aliphatic rings. The van der Waals surface area contributed by atoms with Crippen LogP contribution in [0.15, 0.2) is 82.7 Å². The topological polar surface area (TPSA) is 74.5 Å². The monoisotopic (exact) mass is 425 g/mol. The highest BCUT2D eigenvalue weighted by Gasteiger charge is 2.23. The molecule has 6 heteroatoms. The molecule has 0 aliphatic carbocycles. The Labute approximate surface area is 185 Å². The quantitative estimate of drug-likeness (QED) is 0.560. The van der Waals surface area contributed by atoms with Crippen molar-refractivity contribution in [3.63, 3.8) is 0 Å². The lowest BCUT2D eigenvalue weighted by Crippen LogP contribution is -2.19. The predicted molar refractivity (Wildman–Crippen MR) is 124 cm³/mol. The van der Waals surface area contributed by atoms with Gasteiger partial charge in [-0.25, -0.2) is 4.99 Å². The number of nitrogens with one attached hydrogen (secondary N) is 1. The van der Waals surface area contributed by atoms with E-state index in [1.165, 1.54) is 11.8 Å². The van der Waals surface area contributed by atoms with Gasteiger partial charge in [0.15, 0.2) is 5.17 Å². The summed E-state index contributed by atoms with van der Waals surface area (Å²) in [5.41, 5.74) is 4.26.